The molecule has 6 heteroatoms. The first kappa shape index (κ1) is 26.3. The van der Waals surface area contributed by atoms with Gasteiger partial charge >= 0.3 is 0 Å². The summed E-state index contributed by atoms with van der Waals surface area (Å²) in [4.78, 5) is 0.271. The van der Waals surface area contributed by atoms with Gasteiger partial charge < -0.3 is 9.47 Å². The molecule has 37 heavy (non-hydrogen) atoms. The lowest BCUT2D eigenvalue weighted by Crippen LogP contribution is -2.60. The van der Waals surface area contributed by atoms with Crippen LogP contribution in [0.3, 0.4) is 0 Å². The molecule has 4 saturated carbocycles. The van der Waals surface area contributed by atoms with Crippen LogP contribution in [0.2, 0.25) is 0 Å². The van der Waals surface area contributed by atoms with Gasteiger partial charge in [-0.1, -0.05) is 45.4 Å². The highest BCUT2D eigenvalue weighted by atomic mass is 32.2. The number of fused-ring (bicyclic) bond motifs is 6. The summed E-state index contributed by atoms with van der Waals surface area (Å²) in [5, 5.41) is 0. The minimum Gasteiger partial charge on any atom is -0.349 e. The maximum Gasteiger partial charge on any atom is 0.297 e. The number of aryl methyl sites for hydroxylation is 1. The Morgan fingerprint density at radius 2 is 1.51 bits per heavy atom. The highest BCUT2D eigenvalue weighted by Gasteiger charge is 2.67. The van der Waals surface area contributed by atoms with E-state index in [0.29, 0.717) is 17.8 Å². The Kier molecular flexibility index (Phi) is 6.23. The van der Waals surface area contributed by atoms with E-state index in [4.69, 9.17) is 13.7 Å². The van der Waals surface area contributed by atoms with Crippen molar-refractivity contribution in [3.63, 3.8) is 0 Å². The molecule has 0 bridgehead atoms. The molecule has 0 amide bonds. The first-order valence-electron chi connectivity index (χ1n) is 14.7. The van der Waals surface area contributed by atoms with E-state index in [9.17, 15) is 8.42 Å². The van der Waals surface area contributed by atoms with Crippen LogP contribution in [-0.2, 0) is 23.8 Å². The molecule has 1 aliphatic heterocycles. The fourth-order valence-corrected chi connectivity index (χ4v) is 10.5. The van der Waals surface area contributed by atoms with E-state index in [1.165, 1.54) is 32.1 Å². The molecule has 0 unspecified atom stereocenters. The molecule has 7 atom stereocenters. The molecule has 0 radical (unpaired) electrons. The lowest BCUT2D eigenvalue weighted by atomic mass is 9.45. The Balaban J connectivity index is 1.16. The second-order valence-electron chi connectivity index (χ2n) is 14.4. The van der Waals surface area contributed by atoms with Gasteiger partial charge in [-0.2, -0.15) is 8.42 Å². The normalized spacial score (nSPS) is 42.6. The molecule has 5 nitrogen and oxygen atoms in total. The Labute approximate surface area is 224 Å². The molecule has 1 heterocycles. The second-order valence-corrected chi connectivity index (χ2v) is 16.0. The Bertz CT molecular complexity index is 1120. The van der Waals surface area contributed by atoms with Crippen molar-refractivity contribution >= 4 is 10.1 Å². The molecule has 1 saturated heterocycles. The zero-order valence-corrected chi connectivity index (χ0v) is 24.2. The van der Waals surface area contributed by atoms with Crippen LogP contribution in [0.1, 0.15) is 91.0 Å². The van der Waals surface area contributed by atoms with E-state index in [0.717, 1.165) is 50.4 Å². The van der Waals surface area contributed by atoms with Gasteiger partial charge in [0.05, 0.1) is 24.2 Å². The highest BCUT2D eigenvalue weighted by Crippen LogP contribution is 2.69. The number of benzene rings is 1. The Morgan fingerprint density at radius 1 is 0.838 bits per heavy atom. The molecule has 1 spiro atoms. The van der Waals surface area contributed by atoms with Crippen LogP contribution in [0, 0.1) is 46.8 Å². The van der Waals surface area contributed by atoms with Gasteiger partial charge in [-0.05, 0) is 99.5 Å². The summed E-state index contributed by atoms with van der Waals surface area (Å²) in [6.45, 7) is 13.0. The van der Waals surface area contributed by atoms with Crippen molar-refractivity contribution in [3.05, 3.63) is 29.8 Å². The summed E-state index contributed by atoms with van der Waals surface area (Å²) in [5.74, 6) is 2.21. The first-order valence-corrected chi connectivity index (χ1v) is 16.1. The molecular formula is C31H46O5S. The number of ether oxygens (including phenoxy) is 2. The van der Waals surface area contributed by atoms with E-state index >= 15 is 0 Å². The molecule has 1 aromatic rings. The van der Waals surface area contributed by atoms with Crippen LogP contribution >= 0.6 is 0 Å². The van der Waals surface area contributed by atoms with Gasteiger partial charge in [0, 0.05) is 17.3 Å². The molecule has 0 aromatic heterocycles. The molecule has 206 valence electrons. The van der Waals surface area contributed by atoms with Crippen LogP contribution in [0.15, 0.2) is 29.2 Å². The predicted octanol–water partition coefficient (Wildman–Crippen LogP) is 6.88. The number of hydrogen-bond acceptors (Lipinski definition) is 5. The van der Waals surface area contributed by atoms with Gasteiger partial charge in [0.15, 0.2) is 5.79 Å². The van der Waals surface area contributed by atoms with Crippen LogP contribution < -0.4 is 0 Å². The van der Waals surface area contributed by atoms with Crippen LogP contribution in [0.25, 0.3) is 0 Å². The summed E-state index contributed by atoms with van der Waals surface area (Å²) in [7, 11) is -3.73. The van der Waals surface area contributed by atoms with Crippen molar-refractivity contribution in [2.45, 2.75) is 109 Å². The average molecular weight is 531 g/mol. The second kappa shape index (κ2) is 8.78. The summed E-state index contributed by atoms with van der Waals surface area (Å²) in [6, 6.07) is 7.00. The van der Waals surface area contributed by atoms with Crippen molar-refractivity contribution in [2.24, 2.45) is 39.9 Å². The zero-order valence-electron chi connectivity index (χ0n) is 23.4. The molecule has 5 aliphatic rings. The Hall–Kier alpha value is -0.950. The third-order valence-corrected chi connectivity index (χ3v) is 13.0. The first-order chi connectivity index (χ1) is 17.4. The third-order valence-electron chi connectivity index (χ3n) is 11.6. The van der Waals surface area contributed by atoms with Crippen LogP contribution in [-0.4, -0.2) is 33.5 Å². The SMILES string of the molecule is Cc1ccc(S(=O)(=O)O[C@H]2CC[C@@]3(C)[C@@H](CC[C@@H]4[C@@H]3CC[C@@]3(C)[C@H]4CCC34OCC(C)(C)CO4)C2)cc1. The van der Waals surface area contributed by atoms with Crippen molar-refractivity contribution < 1.29 is 22.1 Å². The van der Waals surface area contributed by atoms with E-state index in [2.05, 4.69) is 27.7 Å². The maximum absolute atomic E-state index is 13.0. The standard InChI is InChI=1S/C31H46O5S/c1-21-6-9-24(10-7-21)37(32,33)36-23-12-15-29(4)22(18-23)8-11-25-26(29)13-16-30(5)27(25)14-17-31(30)34-19-28(2,3)20-35-31/h6-7,9-10,22-23,25-27H,8,11-20H2,1-5H3/t22-,23-,25+,26-,27-,29-,30-/m0/s1. The van der Waals surface area contributed by atoms with Gasteiger partial charge in [-0.3, -0.25) is 4.18 Å². The summed E-state index contributed by atoms with van der Waals surface area (Å²) in [6.07, 6.45) is 9.59. The van der Waals surface area contributed by atoms with Crippen molar-refractivity contribution in [2.75, 3.05) is 13.2 Å². The average Bonchev–Trinajstić information content (AvgIpc) is 3.13. The lowest BCUT2D eigenvalue weighted by Gasteiger charge is -2.62. The minimum atomic E-state index is -3.73. The van der Waals surface area contributed by atoms with Crippen molar-refractivity contribution in [3.8, 4) is 0 Å². The fraction of sp³-hybridized carbons (Fsp3) is 0.806. The van der Waals surface area contributed by atoms with E-state index in [1.54, 1.807) is 12.1 Å². The van der Waals surface area contributed by atoms with E-state index in [1.807, 2.05) is 19.1 Å². The molecule has 4 aliphatic carbocycles. The van der Waals surface area contributed by atoms with Crippen molar-refractivity contribution in [1.29, 1.82) is 0 Å². The molecule has 0 N–H and O–H groups in total. The van der Waals surface area contributed by atoms with Gasteiger partial charge in [0.1, 0.15) is 0 Å². The van der Waals surface area contributed by atoms with E-state index in [-0.39, 0.29) is 27.2 Å². The summed E-state index contributed by atoms with van der Waals surface area (Å²) < 4.78 is 45.1. The Morgan fingerprint density at radius 3 is 2.22 bits per heavy atom. The van der Waals surface area contributed by atoms with Crippen LogP contribution in [0.5, 0.6) is 0 Å². The monoisotopic (exact) mass is 530 g/mol. The fourth-order valence-electron chi connectivity index (χ4n) is 9.38. The smallest absolute Gasteiger partial charge is 0.297 e. The minimum absolute atomic E-state index is 0.0933. The largest absolute Gasteiger partial charge is 0.349 e. The third kappa shape index (κ3) is 4.15. The summed E-state index contributed by atoms with van der Waals surface area (Å²) in [5.41, 5.74) is 1.50. The van der Waals surface area contributed by atoms with Gasteiger partial charge in [0.25, 0.3) is 10.1 Å². The van der Waals surface area contributed by atoms with Gasteiger partial charge in [0.2, 0.25) is 0 Å². The van der Waals surface area contributed by atoms with E-state index < -0.39 is 15.9 Å². The predicted molar refractivity (Wildman–Crippen MR) is 143 cm³/mol. The van der Waals surface area contributed by atoms with Gasteiger partial charge in [-0.25, -0.2) is 0 Å². The highest BCUT2D eigenvalue weighted by molar-refractivity contribution is 7.86. The van der Waals surface area contributed by atoms with Gasteiger partial charge in [-0.15, -0.1) is 0 Å². The molecule has 1 aromatic carbocycles. The number of hydrogen-bond donors (Lipinski definition) is 0. The topological polar surface area (TPSA) is 61.8 Å². The molecule has 6 rings (SSSR count). The maximum atomic E-state index is 13.0. The summed E-state index contributed by atoms with van der Waals surface area (Å²) >= 11 is 0. The zero-order chi connectivity index (χ0) is 26.3. The molecular weight excluding hydrogens is 484 g/mol. The number of rotatable bonds is 3. The van der Waals surface area contributed by atoms with Crippen LogP contribution in [0.4, 0.5) is 0 Å². The van der Waals surface area contributed by atoms with Crippen molar-refractivity contribution in [1.82, 2.24) is 0 Å². The lowest BCUT2D eigenvalue weighted by molar-refractivity contribution is -0.348. The quantitative estimate of drug-likeness (QED) is 0.399. The molecule has 5 fully saturated rings.